The summed E-state index contributed by atoms with van der Waals surface area (Å²) in [6.07, 6.45) is 25.1. The number of nitrogens with zero attached hydrogens (tertiary/aromatic N) is 2. The molecule has 0 aromatic rings. The van der Waals surface area contributed by atoms with Crippen molar-refractivity contribution in [3.63, 3.8) is 0 Å². The number of nitrogens with one attached hydrogen (secondary N) is 2. The molecule has 12 nitrogen and oxygen atoms in total. The summed E-state index contributed by atoms with van der Waals surface area (Å²) in [4.78, 5) is 81.2. The van der Waals surface area contributed by atoms with Gasteiger partial charge in [0.15, 0.2) is 10.2 Å². The van der Waals surface area contributed by atoms with Crippen LogP contribution in [0.15, 0.2) is 24.3 Å². The third-order valence-electron chi connectivity index (χ3n) is 16.8. The second-order valence-electron chi connectivity index (χ2n) is 20.9. The minimum atomic E-state index is -1.47. The Bertz CT molecular complexity index is 1740. The zero-order valence-corrected chi connectivity index (χ0v) is 36.7. The number of thiocarbonyl (C=S) groups is 2. The Morgan fingerprint density at radius 1 is 0.600 bits per heavy atom. The summed E-state index contributed by atoms with van der Waals surface area (Å²) in [6.45, 7) is 0.853. The maximum Gasteiger partial charge on any atom is 0.307 e. The molecule has 8 saturated carbocycles. The Hall–Kier alpha value is -3.52. The summed E-state index contributed by atoms with van der Waals surface area (Å²) in [6, 6.07) is 0. The first-order valence-electron chi connectivity index (χ1n) is 22.5. The Kier molecular flexibility index (Phi) is 10.9. The van der Waals surface area contributed by atoms with E-state index in [0.717, 1.165) is 86.9 Å². The van der Waals surface area contributed by atoms with E-state index in [0.29, 0.717) is 26.1 Å². The Labute approximate surface area is 363 Å². The number of ether oxygens (including phenoxy) is 2. The lowest BCUT2D eigenvalue weighted by Gasteiger charge is -2.56. The summed E-state index contributed by atoms with van der Waals surface area (Å²) < 4.78 is 11.7. The zero-order valence-electron chi connectivity index (χ0n) is 35.0. The van der Waals surface area contributed by atoms with Gasteiger partial charge in [-0.25, -0.2) is 0 Å². The van der Waals surface area contributed by atoms with Crippen molar-refractivity contribution < 1.29 is 38.2 Å². The van der Waals surface area contributed by atoms with Crippen LogP contribution in [0.4, 0.5) is 0 Å². The van der Waals surface area contributed by atoms with Crippen LogP contribution in [0.5, 0.6) is 0 Å². The van der Waals surface area contributed by atoms with Crippen LogP contribution < -0.4 is 10.6 Å². The average molecular weight is 861 g/mol. The van der Waals surface area contributed by atoms with Crippen LogP contribution in [-0.4, -0.2) is 82.9 Å². The number of hydrogen-bond acceptors (Lipinski definition) is 10. The molecule has 12 aliphatic rings. The molecular weight excluding hydrogens is 801 g/mol. The average Bonchev–Trinajstić information content (AvgIpc) is 3.94. The second kappa shape index (κ2) is 15.7. The van der Waals surface area contributed by atoms with E-state index >= 15 is 0 Å². The summed E-state index contributed by atoms with van der Waals surface area (Å²) in [5, 5.41) is 5.45. The van der Waals surface area contributed by atoms with E-state index in [1.807, 2.05) is 24.3 Å². The number of carbonyl (C=O) groups excluding carboxylic acids is 6. The molecule has 4 unspecified atom stereocenters. The largest absolute Gasteiger partial charge is 0.465 e. The summed E-state index contributed by atoms with van der Waals surface area (Å²) in [5.74, 6) is 1.41. The smallest absolute Gasteiger partial charge is 0.307 e. The highest BCUT2D eigenvalue weighted by atomic mass is 32.1. The van der Waals surface area contributed by atoms with E-state index in [2.05, 4.69) is 10.6 Å². The molecular formula is C46H60N4O8S2. The first kappa shape index (κ1) is 41.8. The fraction of sp³-hybridized carbons (Fsp3) is 0.739. The van der Waals surface area contributed by atoms with Gasteiger partial charge in [0.1, 0.15) is 10.8 Å². The third-order valence-corrected chi connectivity index (χ3v) is 17.5. The van der Waals surface area contributed by atoms with Crippen LogP contribution in [0.3, 0.4) is 0 Å². The summed E-state index contributed by atoms with van der Waals surface area (Å²) in [5.41, 5.74) is -2.71. The molecule has 0 aromatic heterocycles. The standard InChI is InChI=1S/2C23H30N2O4S/c2*1-25-20(28)23(17-4-2-3-5-17,19(27)24-21(25)30)12-18(26)29-13-22-9-14-6-15(10-22)8-16(7-14)11-22/h2*2,4,14-17H,3,5-13H2,1H3,(H,24,27,30). The van der Waals surface area contributed by atoms with Gasteiger partial charge in [-0.3, -0.25) is 38.6 Å². The van der Waals surface area contributed by atoms with Crippen LogP contribution in [0.2, 0.25) is 0 Å². The molecule has 4 amide bonds. The van der Waals surface area contributed by atoms with Crippen molar-refractivity contribution in [3.05, 3.63) is 24.3 Å². The van der Waals surface area contributed by atoms with Gasteiger partial charge in [0, 0.05) is 36.8 Å². The number of amides is 4. The molecule has 14 heteroatoms. The lowest BCUT2D eigenvalue weighted by Crippen LogP contribution is -2.65. The molecule has 12 rings (SSSR count). The van der Waals surface area contributed by atoms with Gasteiger partial charge in [0.05, 0.1) is 26.1 Å². The van der Waals surface area contributed by atoms with Gasteiger partial charge in [-0.1, -0.05) is 24.3 Å². The molecule has 10 aliphatic carbocycles. The molecule has 0 aromatic carbocycles. The lowest BCUT2D eigenvalue weighted by molar-refractivity contribution is -0.167. The minimum Gasteiger partial charge on any atom is -0.465 e. The Morgan fingerprint density at radius 3 is 1.20 bits per heavy atom. The van der Waals surface area contributed by atoms with Crippen LogP contribution in [-0.2, 0) is 38.2 Å². The zero-order chi connectivity index (χ0) is 42.2. The SMILES string of the molecule is CN1C(=O)C(CC(=O)OCC23CC4CC(CC(C4)C2)C3)(C2C=CCC2)C(=O)NC1=S.CN1C(=O)C(CC(=O)OCC23CC4CC(CC(C4)C2)C3)(C2C=CCC2)C(=O)NC1=S. The van der Waals surface area contributed by atoms with Gasteiger partial charge in [-0.15, -0.1) is 0 Å². The number of carbonyl (C=O) groups is 6. The summed E-state index contributed by atoms with van der Waals surface area (Å²) in [7, 11) is 3.11. The number of rotatable bonds is 10. The van der Waals surface area contributed by atoms with E-state index in [9.17, 15) is 28.8 Å². The maximum absolute atomic E-state index is 13.3. The van der Waals surface area contributed by atoms with Crippen molar-refractivity contribution in [3.8, 4) is 0 Å². The van der Waals surface area contributed by atoms with Crippen LogP contribution in [0, 0.1) is 69.0 Å². The molecule has 2 N–H and O–H groups in total. The van der Waals surface area contributed by atoms with Crippen LogP contribution >= 0.6 is 24.4 Å². The Balaban J connectivity index is 0.000000154. The minimum absolute atomic E-state index is 0.0875. The van der Waals surface area contributed by atoms with Crippen molar-refractivity contribution in [2.45, 2.75) is 116 Å². The molecule has 0 spiro atoms. The van der Waals surface area contributed by atoms with Crippen LogP contribution in [0.1, 0.15) is 116 Å². The fourth-order valence-corrected chi connectivity index (χ4v) is 15.2. The molecule has 2 saturated heterocycles. The summed E-state index contributed by atoms with van der Waals surface area (Å²) >= 11 is 10.2. The van der Waals surface area contributed by atoms with E-state index in [4.69, 9.17) is 33.9 Å². The van der Waals surface area contributed by atoms with Gasteiger partial charge in [0.25, 0.3) is 0 Å². The van der Waals surface area contributed by atoms with E-state index < -0.39 is 46.4 Å². The van der Waals surface area contributed by atoms with Gasteiger partial charge in [-0.2, -0.15) is 0 Å². The number of hydrogen-bond donors (Lipinski definition) is 2. The molecule has 4 atom stereocenters. The predicted molar refractivity (Wildman–Crippen MR) is 228 cm³/mol. The maximum atomic E-state index is 13.3. The first-order valence-corrected chi connectivity index (χ1v) is 23.4. The van der Waals surface area contributed by atoms with E-state index in [1.165, 1.54) is 48.3 Å². The van der Waals surface area contributed by atoms with Gasteiger partial charge in [0.2, 0.25) is 23.6 Å². The third kappa shape index (κ3) is 7.26. The van der Waals surface area contributed by atoms with Crippen molar-refractivity contribution in [2.75, 3.05) is 27.3 Å². The fourth-order valence-electron chi connectivity index (χ4n) is 14.8. The number of esters is 2. The topological polar surface area (TPSA) is 151 Å². The van der Waals surface area contributed by atoms with Crippen molar-refractivity contribution >= 4 is 70.2 Å². The molecule has 2 heterocycles. The highest BCUT2D eigenvalue weighted by Gasteiger charge is 2.60. The molecule has 10 fully saturated rings. The highest BCUT2D eigenvalue weighted by Crippen LogP contribution is 2.61. The number of allylic oxidation sites excluding steroid dienone is 4. The molecule has 60 heavy (non-hydrogen) atoms. The predicted octanol–water partition coefficient (Wildman–Crippen LogP) is 5.92. The van der Waals surface area contributed by atoms with Crippen molar-refractivity contribution in [2.24, 2.45) is 69.0 Å². The second-order valence-corrected chi connectivity index (χ2v) is 21.7. The normalized spacial score (nSPS) is 42.0. The molecule has 2 aliphatic heterocycles. The monoisotopic (exact) mass is 860 g/mol. The van der Waals surface area contributed by atoms with Crippen LogP contribution in [0.25, 0.3) is 0 Å². The van der Waals surface area contributed by atoms with E-state index in [-0.39, 0.29) is 45.7 Å². The van der Waals surface area contributed by atoms with Crippen molar-refractivity contribution in [1.82, 2.24) is 20.4 Å². The van der Waals surface area contributed by atoms with Gasteiger partial charge >= 0.3 is 11.9 Å². The highest BCUT2D eigenvalue weighted by molar-refractivity contribution is 7.80. The van der Waals surface area contributed by atoms with Gasteiger partial charge in [-0.05, 0) is 163 Å². The molecule has 8 bridgehead atoms. The van der Waals surface area contributed by atoms with Gasteiger partial charge < -0.3 is 20.1 Å². The molecule has 324 valence electrons. The first-order chi connectivity index (χ1) is 28.6. The lowest BCUT2D eigenvalue weighted by atomic mass is 9.50. The van der Waals surface area contributed by atoms with Crippen molar-refractivity contribution in [1.29, 1.82) is 0 Å². The Morgan fingerprint density at radius 2 is 0.917 bits per heavy atom. The molecule has 0 radical (unpaired) electrons. The quantitative estimate of drug-likeness (QED) is 0.117. The van der Waals surface area contributed by atoms with E-state index in [1.54, 1.807) is 14.1 Å².